The molecule has 0 saturated carbocycles. The molecule has 1 amide bonds. The van der Waals surface area contributed by atoms with E-state index in [1.807, 2.05) is 31.2 Å². The second kappa shape index (κ2) is 15.8. The smallest absolute Gasteiger partial charge is 0.253 e. The molecule has 0 aliphatic rings. The first-order chi connectivity index (χ1) is 14.1. The van der Waals surface area contributed by atoms with Gasteiger partial charge in [0.15, 0.2) is 5.96 Å². The molecule has 2 N–H and O–H groups in total. The molecule has 7 heteroatoms. The van der Waals surface area contributed by atoms with Gasteiger partial charge in [0.25, 0.3) is 5.91 Å². The van der Waals surface area contributed by atoms with E-state index in [0.717, 1.165) is 50.5 Å². The molecule has 1 aromatic carbocycles. The van der Waals surface area contributed by atoms with Crippen molar-refractivity contribution in [2.75, 3.05) is 60.2 Å². The summed E-state index contributed by atoms with van der Waals surface area (Å²) in [7, 11) is 3.53. The zero-order valence-corrected chi connectivity index (χ0v) is 18.5. The monoisotopic (exact) mass is 406 g/mol. The molecule has 0 fully saturated rings. The van der Waals surface area contributed by atoms with Crippen molar-refractivity contribution in [1.29, 1.82) is 0 Å². The average molecular weight is 407 g/mol. The number of carbonyl (C=O) groups excluding carboxylic acids is 1. The van der Waals surface area contributed by atoms with Crippen LogP contribution in [0.1, 0.15) is 42.6 Å². The van der Waals surface area contributed by atoms with Crippen LogP contribution in [0.15, 0.2) is 29.3 Å². The third-order valence-electron chi connectivity index (χ3n) is 4.15. The van der Waals surface area contributed by atoms with Crippen molar-refractivity contribution in [3.05, 3.63) is 35.4 Å². The van der Waals surface area contributed by atoms with Crippen LogP contribution < -0.4 is 10.6 Å². The first kappa shape index (κ1) is 24.9. The molecule has 0 saturated heterocycles. The molecule has 0 unspecified atom stereocenters. The molecule has 1 rings (SSSR count). The van der Waals surface area contributed by atoms with Crippen LogP contribution in [-0.2, 0) is 15.9 Å². The van der Waals surface area contributed by atoms with E-state index in [4.69, 9.17) is 9.47 Å². The Bertz CT molecular complexity index is 605. The molecule has 0 atom stereocenters. The van der Waals surface area contributed by atoms with Crippen molar-refractivity contribution in [3.8, 4) is 0 Å². The van der Waals surface area contributed by atoms with Gasteiger partial charge in [-0.2, -0.15) is 0 Å². The van der Waals surface area contributed by atoms with Crippen LogP contribution in [0.25, 0.3) is 0 Å². The fourth-order valence-corrected chi connectivity index (χ4v) is 2.58. The molecular weight excluding hydrogens is 368 g/mol. The Labute approximate surface area is 175 Å². The van der Waals surface area contributed by atoms with E-state index in [9.17, 15) is 4.79 Å². The highest BCUT2D eigenvalue weighted by atomic mass is 16.5. The summed E-state index contributed by atoms with van der Waals surface area (Å²) < 4.78 is 11.0. The number of amides is 1. The Kier molecular flexibility index (Phi) is 13.5. The number of aliphatic imine (C=N–C) groups is 1. The summed E-state index contributed by atoms with van der Waals surface area (Å²) in [4.78, 5) is 18.2. The summed E-state index contributed by atoms with van der Waals surface area (Å²) in [6.45, 7) is 8.93. The Balaban J connectivity index is 2.32. The highest BCUT2D eigenvalue weighted by Crippen LogP contribution is 2.07. The van der Waals surface area contributed by atoms with E-state index >= 15 is 0 Å². The van der Waals surface area contributed by atoms with Crippen molar-refractivity contribution in [2.45, 2.75) is 33.1 Å². The molecule has 0 bridgehead atoms. The largest absolute Gasteiger partial charge is 0.379 e. The normalized spacial score (nSPS) is 11.4. The molecule has 1 aromatic rings. The fourth-order valence-electron chi connectivity index (χ4n) is 2.58. The van der Waals surface area contributed by atoms with Gasteiger partial charge in [-0.25, -0.2) is 0 Å². The van der Waals surface area contributed by atoms with E-state index < -0.39 is 0 Å². The van der Waals surface area contributed by atoms with Crippen molar-refractivity contribution < 1.29 is 14.3 Å². The molecule has 29 heavy (non-hydrogen) atoms. The van der Waals surface area contributed by atoms with Crippen LogP contribution in [-0.4, -0.2) is 76.9 Å². The number of hydrogen-bond donors (Lipinski definition) is 2. The molecular formula is C22H38N4O3. The molecule has 0 aromatic heterocycles. The molecule has 0 spiro atoms. The third-order valence-corrected chi connectivity index (χ3v) is 4.15. The predicted octanol–water partition coefficient (Wildman–Crippen LogP) is 2.32. The van der Waals surface area contributed by atoms with Crippen LogP contribution in [0, 0.1) is 0 Å². The SMILES string of the molecule is CCCCOCCOCCN=C(NCC)NCCc1cccc(C(=O)N(C)C)c1. The van der Waals surface area contributed by atoms with E-state index in [1.54, 1.807) is 19.0 Å². The lowest BCUT2D eigenvalue weighted by molar-refractivity contribution is 0.0497. The average Bonchev–Trinajstić information content (AvgIpc) is 2.72. The highest BCUT2D eigenvalue weighted by Gasteiger charge is 2.08. The van der Waals surface area contributed by atoms with Crippen molar-refractivity contribution >= 4 is 11.9 Å². The van der Waals surface area contributed by atoms with Crippen LogP contribution in [0.3, 0.4) is 0 Å². The Morgan fingerprint density at radius 2 is 1.83 bits per heavy atom. The number of benzene rings is 1. The van der Waals surface area contributed by atoms with Gasteiger partial charge in [0, 0.05) is 39.4 Å². The Morgan fingerprint density at radius 3 is 2.52 bits per heavy atom. The lowest BCUT2D eigenvalue weighted by Gasteiger charge is -2.13. The van der Waals surface area contributed by atoms with Gasteiger partial charge in [-0.3, -0.25) is 9.79 Å². The number of ether oxygens (including phenoxy) is 2. The first-order valence-electron chi connectivity index (χ1n) is 10.6. The van der Waals surface area contributed by atoms with Gasteiger partial charge in [-0.15, -0.1) is 0 Å². The summed E-state index contributed by atoms with van der Waals surface area (Å²) in [5.41, 5.74) is 1.83. The van der Waals surface area contributed by atoms with Gasteiger partial charge >= 0.3 is 0 Å². The van der Waals surface area contributed by atoms with Crippen molar-refractivity contribution in [1.82, 2.24) is 15.5 Å². The lowest BCUT2D eigenvalue weighted by atomic mass is 10.1. The zero-order valence-electron chi connectivity index (χ0n) is 18.5. The minimum Gasteiger partial charge on any atom is -0.379 e. The van der Waals surface area contributed by atoms with Gasteiger partial charge in [-0.1, -0.05) is 25.5 Å². The molecule has 164 valence electrons. The Hall–Kier alpha value is -2.12. The van der Waals surface area contributed by atoms with Crippen LogP contribution >= 0.6 is 0 Å². The topological polar surface area (TPSA) is 75.2 Å². The summed E-state index contributed by atoms with van der Waals surface area (Å²) in [6, 6.07) is 7.76. The molecule has 0 aliphatic heterocycles. The van der Waals surface area contributed by atoms with E-state index in [1.165, 1.54) is 0 Å². The number of guanidine groups is 1. The van der Waals surface area contributed by atoms with E-state index in [-0.39, 0.29) is 5.91 Å². The van der Waals surface area contributed by atoms with Gasteiger partial charge in [0.1, 0.15) is 0 Å². The number of nitrogens with zero attached hydrogens (tertiary/aromatic N) is 2. The summed E-state index contributed by atoms with van der Waals surface area (Å²) in [5, 5.41) is 6.57. The lowest BCUT2D eigenvalue weighted by Crippen LogP contribution is -2.38. The molecule has 0 radical (unpaired) electrons. The van der Waals surface area contributed by atoms with Crippen LogP contribution in [0.2, 0.25) is 0 Å². The second-order valence-electron chi connectivity index (χ2n) is 6.92. The fraction of sp³-hybridized carbons (Fsp3) is 0.636. The predicted molar refractivity (Wildman–Crippen MR) is 119 cm³/mol. The van der Waals surface area contributed by atoms with Gasteiger partial charge in [-0.05, 0) is 37.5 Å². The number of nitrogens with one attached hydrogen (secondary N) is 2. The van der Waals surface area contributed by atoms with E-state index in [2.05, 4.69) is 22.5 Å². The van der Waals surface area contributed by atoms with Crippen LogP contribution in [0.5, 0.6) is 0 Å². The summed E-state index contributed by atoms with van der Waals surface area (Å²) >= 11 is 0. The number of rotatable bonds is 14. The highest BCUT2D eigenvalue weighted by molar-refractivity contribution is 5.94. The Morgan fingerprint density at radius 1 is 1.07 bits per heavy atom. The van der Waals surface area contributed by atoms with Crippen LogP contribution in [0.4, 0.5) is 0 Å². The van der Waals surface area contributed by atoms with Gasteiger partial charge in [0.2, 0.25) is 0 Å². The maximum absolute atomic E-state index is 12.1. The quantitative estimate of drug-likeness (QED) is 0.282. The third kappa shape index (κ3) is 11.5. The van der Waals surface area contributed by atoms with E-state index in [0.29, 0.717) is 31.9 Å². The molecule has 7 nitrogen and oxygen atoms in total. The van der Waals surface area contributed by atoms with Crippen molar-refractivity contribution in [2.24, 2.45) is 4.99 Å². The maximum atomic E-state index is 12.1. The van der Waals surface area contributed by atoms with Crippen molar-refractivity contribution in [3.63, 3.8) is 0 Å². The minimum atomic E-state index is 0.0190. The number of hydrogen-bond acceptors (Lipinski definition) is 4. The molecule has 0 heterocycles. The minimum absolute atomic E-state index is 0.0190. The van der Waals surface area contributed by atoms with Gasteiger partial charge in [0.05, 0.1) is 26.4 Å². The first-order valence-corrected chi connectivity index (χ1v) is 10.6. The number of unbranched alkanes of at least 4 members (excludes halogenated alkanes) is 1. The molecule has 0 aliphatic carbocycles. The summed E-state index contributed by atoms with van der Waals surface area (Å²) in [6.07, 6.45) is 3.05. The maximum Gasteiger partial charge on any atom is 0.253 e. The second-order valence-corrected chi connectivity index (χ2v) is 6.92. The van der Waals surface area contributed by atoms with Gasteiger partial charge < -0.3 is 25.0 Å². The zero-order chi connectivity index (χ0) is 21.3. The number of carbonyl (C=O) groups is 1. The standard InChI is InChI=1S/C22H38N4O3/c1-5-7-14-28-16-17-29-15-13-25-22(23-6-2)24-12-11-19-9-8-10-20(18-19)21(27)26(3)4/h8-10,18H,5-7,11-17H2,1-4H3,(H2,23,24,25). The summed E-state index contributed by atoms with van der Waals surface area (Å²) in [5.74, 6) is 0.793.